The molecule has 0 atom stereocenters. The molecular weight excluding hydrogens is 338 g/mol. The first kappa shape index (κ1) is 20.0. The Bertz CT molecular complexity index is 636. The summed E-state index contributed by atoms with van der Waals surface area (Å²) < 4.78 is 0. The molecule has 1 aromatic rings. The van der Waals surface area contributed by atoms with Gasteiger partial charge < -0.3 is 15.2 Å². The van der Waals surface area contributed by atoms with E-state index in [0.29, 0.717) is 11.5 Å². The Morgan fingerprint density at radius 1 is 1.24 bits per heavy atom. The summed E-state index contributed by atoms with van der Waals surface area (Å²) in [5.41, 5.74) is 2.33. The molecule has 0 unspecified atom stereocenters. The minimum absolute atomic E-state index is 0. The molecular formula is C19H30ClN3O2. The highest BCUT2D eigenvalue weighted by Gasteiger charge is 2.25. The number of H-pyrrole nitrogens is 1. The van der Waals surface area contributed by atoms with E-state index in [0.717, 1.165) is 70.3 Å². The van der Waals surface area contributed by atoms with Gasteiger partial charge in [-0.25, -0.2) is 0 Å². The molecule has 0 radical (unpaired) electrons. The van der Waals surface area contributed by atoms with Gasteiger partial charge in [-0.05, 0) is 76.1 Å². The van der Waals surface area contributed by atoms with E-state index in [-0.39, 0.29) is 23.9 Å². The van der Waals surface area contributed by atoms with E-state index in [1.165, 1.54) is 12.0 Å². The van der Waals surface area contributed by atoms with Crippen molar-refractivity contribution in [3.8, 4) is 0 Å². The number of aromatic amines is 1. The summed E-state index contributed by atoms with van der Waals surface area (Å²) in [5, 5.41) is 3.19. The van der Waals surface area contributed by atoms with Crippen LogP contribution in [0.3, 0.4) is 0 Å². The first-order valence-electron chi connectivity index (χ1n) is 9.38. The number of pyridine rings is 1. The number of aryl methyl sites for hydroxylation is 2. The number of nitrogens with one attached hydrogen (secondary N) is 2. The number of carbonyl (C=O) groups is 1. The Kier molecular flexibility index (Phi) is 7.51. The highest BCUT2D eigenvalue weighted by molar-refractivity contribution is 5.94. The number of aromatic nitrogens is 1. The summed E-state index contributed by atoms with van der Waals surface area (Å²) >= 11 is 0. The summed E-state index contributed by atoms with van der Waals surface area (Å²) in [7, 11) is 1.98. The second-order valence-electron chi connectivity index (χ2n) is 7.20. The van der Waals surface area contributed by atoms with E-state index >= 15 is 0 Å². The van der Waals surface area contributed by atoms with Gasteiger partial charge in [0, 0.05) is 18.8 Å². The van der Waals surface area contributed by atoms with Gasteiger partial charge in [0.05, 0.1) is 0 Å². The van der Waals surface area contributed by atoms with Crippen molar-refractivity contribution in [3.63, 3.8) is 0 Å². The fraction of sp³-hybridized carbons (Fsp3) is 0.684. The molecule has 5 nitrogen and oxygen atoms in total. The van der Waals surface area contributed by atoms with Crippen molar-refractivity contribution in [2.24, 2.45) is 5.92 Å². The van der Waals surface area contributed by atoms with Crippen LogP contribution in [0.1, 0.15) is 60.1 Å². The van der Waals surface area contributed by atoms with Gasteiger partial charge in [0.15, 0.2) is 0 Å². The smallest absolute Gasteiger partial charge is 0.261 e. The zero-order valence-corrected chi connectivity index (χ0v) is 15.9. The number of amides is 1. The molecule has 0 saturated carbocycles. The maximum Gasteiger partial charge on any atom is 0.261 e. The average Bonchev–Trinajstić information content (AvgIpc) is 2.84. The quantitative estimate of drug-likeness (QED) is 0.804. The number of rotatable bonds is 4. The predicted molar refractivity (Wildman–Crippen MR) is 103 cm³/mol. The van der Waals surface area contributed by atoms with Crippen LogP contribution in [-0.4, -0.2) is 42.5 Å². The Balaban J connectivity index is 0.00000225. The van der Waals surface area contributed by atoms with Gasteiger partial charge >= 0.3 is 0 Å². The minimum Gasteiger partial charge on any atom is -0.338 e. The molecule has 25 heavy (non-hydrogen) atoms. The standard InChI is InChI=1S/C19H29N3O2.ClH/c1-20-10-7-14-8-11-22(12-9-14)19(24)16-13-15-5-3-2-4-6-17(15)21-18(16)23;/h13-14,20H,2-12H2,1H3,(H,21,23);1H. The first-order valence-corrected chi connectivity index (χ1v) is 9.38. The number of fused-ring (bicyclic) bond motifs is 1. The molecule has 1 aliphatic heterocycles. The van der Waals surface area contributed by atoms with Crippen molar-refractivity contribution in [3.05, 3.63) is 33.2 Å². The fourth-order valence-corrected chi connectivity index (χ4v) is 3.95. The van der Waals surface area contributed by atoms with Gasteiger partial charge in [0.1, 0.15) is 5.56 Å². The van der Waals surface area contributed by atoms with Crippen LogP contribution in [0.15, 0.2) is 10.9 Å². The SMILES string of the molecule is CNCCC1CCN(C(=O)c2cc3c([nH]c2=O)CCCCC3)CC1.Cl. The van der Waals surface area contributed by atoms with Crippen LogP contribution in [0, 0.1) is 5.92 Å². The molecule has 6 heteroatoms. The summed E-state index contributed by atoms with van der Waals surface area (Å²) in [4.78, 5) is 30.0. The van der Waals surface area contributed by atoms with Crippen LogP contribution in [0.5, 0.6) is 0 Å². The van der Waals surface area contributed by atoms with E-state index in [1.54, 1.807) is 0 Å². The Hall–Kier alpha value is -1.33. The molecule has 1 saturated heterocycles. The molecule has 1 fully saturated rings. The van der Waals surface area contributed by atoms with Gasteiger partial charge in [-0.1, -0.05) is 6.42 Å². The van der Waals surface area contributed by atoms with Crippen LogP contribution in [0.25, 0.3) is 0 Å². The van der Waals surface area contributed by atoms with Crippen LogP contribution < -0.4 is 10.9 Å². The lowest BCUT2D eigenvalue weighted by molar-refractivity contribution is 0.0685. The van der Waals surface area contributed by atoms with E-state index in [2.05, 4.69) is 10.3 Å². The monoisotopic (exact) mass is 367 g/mol. The molecule has 0 aromatic carbocycles. The van der Waals surface area contributed by atoms with Crippen molar-refractivity contribution in [2.75, 3.05) is 26.7 Å². The molecule has 1 aliphatic carbocycles. The second kappa shape index (κ2) is 9.39. The molecule has 2 N–H and O–H groups in total. The van der Waals surface area contributed by atoms with Crippen molar-refractivity contribution in [2.45, 2.75) is 51.4 Å². The molecule has 2 aliphatic rings. The lowest BCUT2D eigenvalue weighted by Crippen LogP contribution is -2.41. The van der Waals surface area contributed by atoms with Gasteiger partial charge in [0.25, 0.3) is 11.5 Å². The van der Waals surface area contributed by atoms with Gasteiger partial charge in [-0.15, -0.1) is 12.4 Å². The van der Waals surface area contributed by atoms with E-state index in [1.807, 2.05) is 18.0 Å². The average molecular weight is 368 g/mol. The number of hydrogen-bond donors (Lipinski definition) is 2. The van der Waals surface area contributed by atoms with Crippen LogP contribution in [0.2, 0.25) is 0 Å². The van der Waals surface area contributed by atoms with E-state index in [9.17, 15) is 9.59 Å². The summed E-state index contributed by atoms with van der Waals surface area (Å²) in [5.74, 6) is 0.599. The summed E-state index contributed by atoms with van der Waals surface area (Å²) in [6.07, 6.45) is 8.60. The number of carbonyl (C=O) groups excluding carboxylic acids is 1. The largest absolute Gasteiger partial charge is 0.338 e. The third-order valence-electron chi connectivity index (χ3n) is 5.52. The molecule has 3 rings (SSSR count). The zero-order chi connectivity index (χ0) is 16.9. The van der Waals surface area contributed by atoms with Crippen molar-refractivity contribution in [1.29, 1.82) is 0 Å². The number of likely N-dealkylation sites (tertiary alicyclic amines) is 1. The van der Waals surface area contributed by atoms with Gasteiger partial charge in [-0.2, -0.15) is 0 Å². The normalized spacial score (nSPS) is 18.2. The predicted octanol–water partition coefficient (Wildman–Crippen LogP) is 2.53. The number of hydrogen-bond acceptors (Lipinski definition) is 3. The Morgan fingerprint density at radius 2 is 1.96 bits per heavy atom. The molecule has 140 valence electrons. The van der Waals surface area contributed by atoms with Crippen LogP contribution in [-0.2, 0) is 12.8 Å². The first-order chi connectivity index (χ1) is 11.7. The topological polar surface area (TPSA) is 65.2 Å². The number of halogens is 1. The minimum atomic E-state index is -0.210. The van der Waals surface area contributed by atoms with Crippen LogP contribution >= 0.6 is 12.4 Å². The van der Waals surface area contributed by atoms with Crippen molar-refractivity contribution >= 4 is 18.3 Å². The molecule has 0 spiro atoms. The van der Waals surface area contributed by atoms with Crippen molar-refractivity contribution in [1.82, 2.24) is 15.2 Å². The Morgan fingerprint density at radius 3 is 2.68 bits per heavy atom. The third kappa shape index (κ3) is 4.85. The maximum absolute atomic E-state index is 12.8. The maximum atomic E-state index is 12.8. The second-order valence-corrected chi connectivity index (χ2v) is 7.20. The molecule has 2 heterocycles. The summed E-state index contributed by atoms with van der Waals surface area (Å²) in [6.45, 7) is 2.57. The summed E-state index contributed by atoms with van der Waals surface area (Å²) in [6, 6.07) is 1.87. The van der Waals surface area contributed by atoms with Gasteiger partial charge in [-0.3, -0.25) is 9.59 Å². The molecule has 1 amide bonds. The Labute approximate surface area is 156 Å². The van der Waals surface area contributed by atoms with E-state index < -0.39 is 0 Å². The van der Waals surface area contributed by atoms with Gasteiger partial charge in [0.2, 0.25) is 0 Å². The van der Waals surface area contributed by atoms with Crippen LogP contribution in [0.4, 0.5) is 0 Å². The third-order valence-corrected chi connectivity index (χ3v) is 5.52. The lowest BCUT2D eigenvalue weighted by atomic mass is 9.93. The van der Waals surface area contributed by atoms with E-state index in [4.69, 9.17) is 0 Å². The molecule has 1 aromatic heterocycles. The molecule has 0 bridgehead atoms. The fourth-order valence-electron chi connectivity index (χ4n) is 3.95. The van der Waals surface area contributed by atoms with Crippen molar-refractivity contribution < 1.29 is 4.79 Å². The zero-order valence-electron chi connectivity index (χ0n) is 15.1. The lowest BCUT2D eigenvalue weighted by Gasteiger charge is -2.32. The number of nitrogens with zero attached hydrogens (tertiary/aromatic N) is 1. The highest BCUT2D eigenvalue weighted by atomic mass is 35.5. The number of piperidine rings is 1. The highest BCUT2D eigenvalue weighted by Crippen LogP contribution is 2.22.